The molecule has 0 bridgehead atoms. The third-order valence-electron chi connectivity index (χ3n) is 4.72. The predicted molar refractivity (Wildman–Crippen MR) is 109 cm³/mol. The zero-order valence-corrected chi connectivity index (χ0v) is 16.3. The van der Waals surface area contributed by atoms with E-state index in [4.69, 9.17) is 4.98 Å². The highest BCUT2D eigenvalue weighted by Crippen LogP contribution is 2.40. The zero-order valence-electron chi connectivity index (χ0n) is 13.9. The van der Waals surface area contributed by atoms with Crippen LogP contribution < -0.4 is 5.32 Å². The molecule has 1 aliphatic heterocycles. The van der Waals surface area contributed by atoms with Gasteiger partial charge in [0.2, 0.25) is 0 Å². The summed E-state index contributed by atoms with van der Waals surface area (Å²) >= 11 is 3.68. The number of hydrogen-bond acceptors (Lipinski definition) is 5. The van der Waals surface area contributed by atoms with Gasteiger partial charge in [0.25, 0.3) is 0 Å². The summed E-state index contributed by atoms with van der Waals surface area (Å²) < 4.78 is 3.19. The number of hydrogen-bond donors (Lipinski definition) is 1. The molecule has 1 aromatic carbocycles. The van der Waals surface area contributed by atoms with Crippen molar-refractivity contribution in [1.82, 2.24) is 20.1 Å². The average molecular weight is 391 g/mol. The first-order chi connectivity index (χ1) is 11.8. The highest BCUT2D eigenvalue weighted by atomic mass is 35.5. The fraction of sp³-hybridized carbons (Fsp3) is 0.333. The third-order valence-corrected chi connectivity index (χ3v) is 7.09. The fourth-order valence-corrected chi connectivity index (χ4v) is 5.85. The molecule has 0 saturated carbocycles. The van der Waals surface area contributed by atoms with Gasteiger partial charge in [-0.1, -0.05) is 12.1 Å². The van der Waals surface area contributed by atoms with E-state index < -0.39 is 0 Å². The summed E-state index contributed by atoms with van der Waals surface area (Å²) in [5, 5.41) is 10.2. The van der Waals surface area contributed by atoms with E-state index in [9.17, 15) is 0 Å². The highest BCUT2D eigenvalue weighted by Gasteiger charge is 2.19. The summed E-state index contributed by atoms with van der Waals surface area (Å²) in [5.41, 5.74) is 2.20. The van der Waals surface area contributed by atoms with Crippen LogP contribution in [0.3, 0.4) is 0 Å². The largest absolute Gasteiger partial charge is 0.317 e. The Labute approximate surface area is 160 Å². The molecule has 1 fully saturated rings. The SMILES string of the molecule is Cl.Cn1cc2ccc(-c3nc4sc(C5CCNCC5)cc4s3)cc2n1. The van der Waals surface area contributed by atoms with E-state index in [1.807, 2.05) is 29.3 Å². The predicted octanol–water partition coefficient (Wildman–Crippen LogP) is 4.80. The maximum atomic E-state index is 4.90. The second-order valence-electron chi connectivity index (χ2n) is 6.44. The van der Waals surface area contributed by atoms with Gasteiger partial charge in [0.05, 0.1) is 10.2 Å². The lowest BCUT2D eigenvalue weighted by molar-refractivity contribution is 0.465. The minimum atomic E-state index is 0. The number of nitrogens with zero attached hydrogens (tertiary/aromatic N) is 3. The number of nitrogens with one attached hydrogen (secondary N) is 1. The fourth-order valence-electron chi connectivity index (χ4n) is 3.46. The lowest BCUT2D eigenvalue weighted by atomic mass is 9.97. The Hall–Kier alpha value is -1.47. The van der Waals surface area contributed by atoms with Crippen LogP contribution in [-0.2, 0) is 7.05 Å². The van der Waals surface area contributed by atoms with Crippen molar-refractivity contribution < 1.29 is 0 Å². The number of benzene rings is 1. The van der Waals surface area contributed by atoms with Crippen molar-refractivity contribution in [3.05, 3.63) is 35.3 Å². The van der Waals surface area contributed by atoms with Gasteiger partial charge >= 0.3 is 0 Å². The summed E-state index contributed by atoms with van der Waals surface area (Å²) in [5.74, 6) is 0.714. The third kappa shape index (κ3) is 3.08. The molecule has 130 valence electrons. The molecule has 4 aromatic rings. The van der Waals surface area contributed by atoms with Crippen molar-refractivity contribution >= 4 is 55.5 Å². The average Bonchev–Trinajstić information content (AvgIpc) is 3.26. The Morgan fingerprint density at radius 2 is 2.00 bits per heavy atom. The van der Waals surface area contributed by atoms with Crippen LogP contribution in [-0.4, -0.2) is 27.9 Å². The quantitative estimate of drug-likeness (QED) is 0.534. The van der Waals surface area contributed by atoms with E-state index in [0.717, 1.165) is 29.2 Å². The van der Waals surface area contributed by atoms with E-state index in [1.54, 1.807) is 11.3 Å². The van der Waals surface area contributed by atoms with Gasteiger partial charge in [-0.3, -0.25) is 4.68 Å². The Balaban J connectivity index is 0.00000157. The molecular weight excluding hydrogens is 372 g/mol. The number of thiazole rings is 1. The molecule has 5 rings (SSSR count). The molecule has 25 heavy (non-hydrogen) atoms. The van der Waals surface area contributed by atoms with Crippen molar-refractivity contribution in [2.24, 2.45) is 7.05 Å². The minimum absolute atomic E-state index is 0. The van der Waals surface area contributed by atoms with Crippen LogP contribution >= 0.6 is 35.1 Å². The first-order valence-corrected chi connectivity index (χ1v) is 9.94. The molecular formula is C18H19ClN4S2. The molecule has 0 atom stereocenters. The second kappa shape index (κ2) is 6.68. The monoisotopic (exact) mass is 390 g/mol. The molecule has 0 spiro atoms. The van der Waals surface area contributed by atoms with Crippen LogP contribution in [0.1, 0.15) is 23.6 Å². The van der Waals surface area contributed by atoms with E-state index >= 15 is 0 Å². The molecule has 1 aliphatic rings. The number of rotatable bonds is 2. The first kappa shape index (κ1) is 17.0. The summed E-state index contributed by atoms with van der Waals surface area (Å²) in [6.45, 7) is 2.28. The number of aryl methyl sites for hydroxylation is 1. The van der Waals surface area contributed by atoms with Gasteiger partial charge in [0.15, 0.2) is 0 Å². The van der Waals surface area contributed by atoms with Gasteiger partial charge in [0, 0.05) is 29.1 Å². The molecule has 0 radical (unpaired) electrons. The highest BCUT2D eigenvalue weighted by molar-refractivity contribution is 7.28. The van der Waals surface area contributed by atoms with Gasteiger partial charge in [-0.15, -0.1) is 35.1 Å². The topological polar surface area (TPSA) is 42.7 Å². The van der Waals surface area contributed by atoms with Gasteiger partial charge in [-0.05, 0) is 44.0 Å². The lowest BCUT2D eigenvalue weighted by Gasteiger charge is -2.21. The number of aromatic nitrogens is 3. The van der Waals surface area contributed by atoms with Gasteiger partial charge in [-0.25, -0.2) is 4.98 Å². The Kier molecular flexibility index (Phi) is 4.54. The zero-order chi connectivity index (χ0) is 16.1. The lowest BCUT2D eigenvalue weighted by Crippen LogP contribution is -2.26. The molecule has 4 heterocycles. The van der Waals surface area contributed by atoms with Crippen LogP contribution in [0, 0.1) is 0 Å². The Morgan fingerprint density at radius 3 is 2.80 bits per heavy atom. The normalized spacial score (nSPS) is 15.7. The maximum Gasteiger partial charge on any atom is 0.135 e. The molecule has 0 unspecified atom stereocenters. The summed E-state index contributed by atoms with van der Waals surface area (Å²) in [4.78, 5) is 7.59. The van der Waals surface area contributed by atoms with Crippen LogP contribution in [0.15, 0.2) is 30.5 Å². The molecule has 7 heteroatoms. The van der Waals surface area contributed by atoms with E-state index in [1.165, 1.54) is 32.6 Å². The summed E-state index contributed by atoms with van der Waals surface area (Å²) in [7, 11) is 1.96. The van der Waals surface area contributed by atoms with E-state index in [0.29, 0.717) is 5.92 Å². The Bertz CT molecular complexity index is 995. The molecule has 1 N–H and O–H groups in total. The van der Waals surface area contributed by atoms with Crippen LogP contribution in [0.4, 0.5) is 0 Å². The molecule has 0 aliphatic carbocycles. The first-order valence-electron chi connectivity index (χ1n) is 8.31. The number of halogens is 1. The van der Waals surface area contributed by atoms with Crippen molar-refractivity contribution in [3.8, 4) is 10.6 Å². The molecule has 1 saturated heterocycles. The summed E-state index contributed by atoms with van der Waals surface area (Å²) in [6, 6.07) is 8.80. The van der Waals surface area contributed by atoms with Gasteiger partial charge in [-0.2, -0.15) is 5.10 Å². The number of thiophene rings is 1. The second-order valence-corrected chi connectivity index (χ2v) is 8.53. The van der Waals surface area contributed by atoms with Crippen molar-refractivity contribution in [2.75, 3.05) is 13.1 Å². The summed E-state index contributed by atoms with van der Waals surface area (Å²) in [6.07, 6.45) is 4.54. The van der Waals surface area contributed by atoms with Crippen molar-refractivity contribution in [2.45, 2.75) is 18.8 Å². The molecule has 3 aromatic heterocycles. The Morgan fingerprint density at radius 1 is 1.16 bits per heavy atom. The van der Waals surface area contributed by atoms with E-state index in [-0.39, 0.29) is 12.4 Å². The minimum Gasteiger partial charge on any atom is -0.317 e. The van der Waals surface area contributed by atoms with Gasteiger partial charge < -0.3 is 5.32 Å². The maximum absolute atomic E-state index is 4.90. The van der Waals surface area contributed by atoms with Gasteiger partial charge in [0.1, 0.15) is 9.84 Å². The molecule has 0 amide bonds. The van der Waals surface area contributed by atoms with E-state index in [2.05, 4.69) is 34.7 Å². The van der Waals surface area contributed by atoms with Crippen LogP contribution in [0.5, 0.6) is 0 Å². The van der Waals surface area contributed by atoms with Crippen molar-refractivity contribution in [1.29, 1.82) is 0 Å². The van der Waals surface area contributed by atoms with Crippen LogP contribution in [0.2, 0.25) is 0 Å². The standard InChI is InChI=1S/C18H18N4S2.ClH/c1-22-10-13-3-2-12(8-14(13)21-22)17-20-18-16(24-17)9-15(23-18)11-4-6-19-7-5-11;/h2-3,8-11,19H,4-7H2,1H3;1H. The molecule has 4 nitrogen and oxygen atoms in total. The number of fused-ring (bicyclic) bond motifs is 2. The smallest absolute Gasteiger partial charge is 0.135 e. The number of piperidine rings is 1. The van der Waals surface area contributed by atoms with Crippen LogP contribution in [0.25, 0.3) is 31.0 Å². The van der Waals surface area contributed by atoms with Crippen molar-refractivity contribution in [3.63, 3.8) is 0 Å².